The Balaban J connectivity index is 1.73. The Kier molecular flexibility index (Phi) is 16.0. The molecule has 0 saturated heterocycles. The van der Waals surface area contributed by atoms with E-state index in [1.807, 2.05) is 30.3 Å². The van der Waals surface area contributed by atoms with Crippen molar-refractivity contribution in [1.29, 1.82) is 0 Å². The van der Waals surface area contributed by atoms with Crippen molar-refractivity contribution in [3.63, 3.8) is 0 Å². The number of rotatable bonds is 17. The molecular formula is C41H53N3O11. The van der Waals surface area contributed by atoms with Crippen LogP contribution >= 0.6 is 0 Å². The lowest BCUT2D eigenvalue weighted by atomic mass is 9.99. The highest BCUT2D eigenvalue weighted by Crippen LogP contribution is 2.19. The van der Waals surface area contributed by atoms with Gasteiger partial charge in [0.1, 0.15) is 42.0 Å². The van der Waals surface area contributed by atoms with Gasteiger partial charge in [0.25, 0.3) is 5.91 Å². The number of alkyl carbamates (subject to hydrolysis) is 1. The number of methoxy groups -OCH3 is 1. The highest BCUT2D eigenvalue weighted by atomic mass is 16.6. The summed E-state index contributed by atoms with van der Waals surface area (Å²) < 4.78 is 27.3. The van der Waals surface area contributed by atoms with Crippen LogP contribution in [0.4, 0.5) is 4.79 Å². The van der Waals surface area contributed by atoms with Crippen LogP contribution in [0.3, 0.4) is 0 Å². The fourth-order valence-corrected chi connectivity index (χ4v) is 5.06. The Morgan fingerprint density at radius 2 is 1.35 bits per heavy atom. The number of carbonyl (C=O) groups is 5. The Bertz CT molecular complexity index is 1720. The summed E-state index contributed by atoms with van der Waals surface area (Å²) in [5.74, 6) is -1.89. The van der Waals surface area contributed by atoms with E-state index in [1.54, 1.807) is 77.9 Å². The molecule has 0 aliphatic heterocycles. The van der Waals surface area contributed by atoms with Gasteiger partial charge in [-0.25, -0.2) is 9.59 Å². The molecule has 0 aliphatic carbocycles. The van der Waals surface area contributed by atoms with Gasteiger partial charge in [0.05, 0.1) is 25.7 Å². The molecule has 3 rings (SSSR count). The second-order valence-electron chi connectivity index (χ2n) is 14.8. The fourth-order valence-electron chi connectivity index (χ4n) is 5.06. The third-order valence-electron chi connectivity index (χ3n) is 7.69. The number of ether oxygens (including phenoxy) is 5. The van der Waals surface area contributed by atoms with Crippen molar-refractivity contribution >= 4 is 29.8 Å². The quantitative estimate of drug-likeness (QED) is 0.111. The van der Waals surface area contributed by atoms with Gasteiger partial charge in [0.2, 0.25) is 5.91 Å². The topological polar surface area (TPSA) is 188 Å². The summed E-state index contributed by atoms with van der Waals surface area (Å²) in [6, 6.07) is 20.4. The number of hydrogen-bond acceptors (Lipinski definition) is 11. The minimum Gasteiger partial charge on any atom is -0.497 e. The maximum atomic E-state index is 13.3. The number of hydrogen-bond donors (Lipinski definition) is 4. The normalized spacial score (nSPS) is 13.5. The Morgan fingerprint density at radius 3 is 1.93 bits per heavy atom. The van der Waals surface area contributed by atoms with Gasteiger partial charge in [0, 0.05) is 5.56 Å². The smallest absolute Gasteiger partial charge is 0.408 e. The van der Waals surface area contributed by atoms with Crippen LogP contribution in [0.1, 0.15) is 76.4 Å². The first-order valence-electron chi connectivity index (χ1n) is 17.9. The molecule has 4 atom stereocenters. The van der Waals surface area contributed by atoms with Gasteiger partial charge in [-0.3, -0.25) is 14.4 Å². The maximum absolute atomic E-state index is 13.3. The molecule has 0 bridgehead atoms. The molecule has 0 spiro atoms. The number of aliphatic hydroxyl groups is 1. The number of aliphatic hydroxyl groups excluding tert-OH is 1. The van der Waals surface area contributed by atoms with Crippen molar-refractivity contribution in [1.82, 2.24) is 16.0 Å². The van der Waals surface area contributed by atoms with Crippen molar-refractivity contribution in [2.45, 2.75) is 103 Å². The number of carbonyl (C=O) groups excluding carboxylic acids is 5. The van der Waals surface area contributed by atoms with E-state index < -0.39 is 78.3 Å². The lowest BCUT2D eigenvalue weighted by Crippen LogP contribution is -2.52. The molecular weight excluding hydrogens is 710 g/mol. The van der Waals surface area contributed by atoms with E-state index in [4.69, 9.17) is 23.7 Å². The highest BCUT2D eigenvalue weighted by Gasteiger charge is 2.35. The van der Waals surface area contributed by atoms with Gasteiger partial charge in [-0.2, -0.15) is 0 Å². The maximum Gasteiger partial charge on any atom is 0.408 e. The van der Waals surface area contributed by atoms with E-state index in [1.165, 1.54) is 26.2 Å². The fraction of sp³-hybridized carbons (Fsp3) is 0.439. The van der Waals surface area contributed by atoms with Crippen LogP contribution in [-0.4, -0.2) is 84.1 Å². The van der Waals surface area contributed by atoms with Crippen LogP contribution in [0.15, 0.2) is 78.9 Å². The molecule has 0 aromatic heterocycles. The molecule has 14 nitrogen and oxygen atoms in total. The monoisotopic (exact) mass is 763 g/mol. The summed E-state index contributed by atoms with van der Waals surface area (Å²) in [6.45, 7) is 11.3. The zero-order chi connectivity index (χ0) is 40.8. The second kappa shape index (κ2) is 20.2. The summed E-state index contributed by atoms with van der Waals surface area (Å²) in [6.07, 6.45) is -4.03. The van der Waals surface area contributed by atoms with Crippen LogP contribution in [-0.2, 0) is 41.6 Å². The van der Waals surface area contributed by atoms with Gasteiger partial charge >= 0.3 is 18.0 Å². The van der Waals surface area contributed by atoms with Crippen molar-refractivity contribution in [3.8, 4) is 11.5 Å². The van der Waals surface area contributed by atoms with Crippen LogP contribution in [0.25, 0.3) is 0 Å². The summed E-state index contributed by atoms with van der Waals surface area (Å²) in [5, 5.41) is 19.0. The van der Waals surface area contributed by atoms with Crippen LogP contribution in [0.2, 0.25) is 0 Å². The van der Waals surface area contributed by atoms with E-state index in [2.05, 4.69) is 16.0 Å². The number of esters is 2. The molecule has 0 aliphatic rings. The first-order valence-corrected chi connectivity index (χ1v) is 17.9. The van der Waals surface area contributed by atoms with Crippen molar-refractivity contribution in [2.75, 3.05) is 13.7 Å². The molecule has 3 amide bonds. The molecule has 14 heteroatoms. The molecule has 0 heterocycles. The number of benzene rings is 3. The zero-order valence-corrected chi connectivity index (χ0v) is 32.7. The molecule has 4 N–H and O–H groups in total. The summed E-state index contributed by atoms with van der Waals surface area (Å²) in [5.41, 5.74) is 0.212. The molecule has 0 radical (unpaired) electrons. The summed E-state index contributed by atoms with van der Waals surface area (Å²) in [7, 11) is 1.49. The van der Waals surface area contributed by atoms with Gasteiger partial charge < -0.3 is 44.7 Å². The van der Waals surface area contributed by atoms with E-state index in [-0.39, 0.29) is 12.0 Å². The SMILES string of the molecule is COc1ccc(C(=O)N[C@H](C(=O)OC(C)(C)C)[C@@H](C)OC(=O)C[C@H](O)[C@H](Cc2ccc(OCc3ccccc3)cc2)NC(=O)CNC(=O)OC(C)(C)C)cc1. The lowest BCUT2D eigenvalue weighted by Gasteiger charge is -2.29. The second-order valence-corrected chi connectivity index (χ2v) is 14.8. The van der Waals surface area contributed by atoms with E-state index in [0.717, 1.165) is 5.56 Å². The summed E-state index contributed by atoms with van der Waals surface area (Å²) >= 11 is 0. The predicted octanol–water partition coefficient (Wildman–Crippen LogP) is 4.65. The number of nitrogens with one attached hydrogen (secondary N) is 3. The highest BCUT2D eigenvalue weighted by molar-refractivity contribution is 5.97. The number of amides is 3. The minimum absolute atomic E-state index is 0.0829. The van der Waals surface area contributed by atoms with Crippen molar-refractivity contribution in [3.05, 3.63) is 95.6 Å². The van der Waals surface area contributed by atoms with Crippen molar-refractivity contribution < 1.29 is 52.8 Å². The van der Waals surface area contributed by atoms with E-state index in [9.17, 15) is 29.1 Å². The average molecular weight is 764 g/mol. The largest absolute Gasteiger partial charge is 0.497 e. The molecule has 3 aromatic carbocycles. The lowest BCUT2D eigenvalue weighted by molar-refractivity contribution is -0.165. The zero-order valence-electron chi connectivity index (χ0n) is 32.7. The Labute approximate surface area is 322 Å². The van der Waals surface area contributed by atoms with Gasteiger partial charge in [-0.05, 0) is 102 Å². The molecule has 0 fully saturated rings. The minimum atomic E-state index is -1.48. The third-order valence-corrected chi connectivity index (χ3v) is 7.69. The molecule has 55 heavy (non-hydrogen) atoms. The molecule has 298 valence electrons. The summed E-state index contributed by atoms with van der Waals surface area (Å²) in [4.78, 5) is 64.7. The van der Waals surface area contributed by atoms with Crippen LogP contribution in [0.5, 0.6) is 11.5 Å². The van der Waals surface area contributed by atoms with Crippen molar-refractivity contribution in [2.24, 2.45) is 0 Å². The van der Waals surface area contributed by atoms with Crippen LogP contribution in [0, 0.1) is 0 Å². The molecule has 0 unspecified atom stereocenters. The first-order chi connectivity index (χ1) is 25.8. The van der Waals surface area contributed by atoms with E-state index >= 15 is 0 Å². The third kappa shape index (κ3) is 16.1. The molecule has 3 aromatic rings. The molecule has 0 saturated carbocycles. The van der Waals surface area contributed by atoms with Gasteiger partial charge in [0.15, 0.2) is 6.04 Å². The van der Waals surface area contributed by atoms with Gasteiger partial charge in [-0.15, -0.1) is 0 Å². The average Bonchev–Trinajstić information content (AvgIpc) is 3.11. The Hall–Kier alpha value is -5.63. The van der Waals surface area contributed by atoms with E-state index in [0.29, 0.717) is 23.7 Å². The van der Waals surface area contributed by atoms with Crippen LogP contribution < -0.4 is 25.4 Å². The first kappa shape index (κ1) is 43.8. The van der Waals surface area contributed by atoms with Gasteiger partial charge in [-0.1, -0.05) is 42.5 Å². The standard InChI is InChI=1S/C41H53N3O11/c1-26(36(38(49)54-40(2,3)4)44-37(48)29-16-20-30(51-8)21-17-29)53-35(47)23-33(45)32(43-34(46)24-42-39(50)55-41(5,6)7)22-27-14-18-31(19-15-27)52-25-28-12-10-9-11-13-28/h9-21,26,32-33,36,45H,22-25H2,1-8H3,(H,42,50)(H,43,46)(H,44,48)/t26-,32+,33+,36+/m1/s1. The predicted molar refractivity (Wildman–Crippen MR) is 203 cm³/mol. The Morgan fingerprint density at radius 1 is 0.745 bits per heavy atom.